The van der Waals surface area contributed by atoms with Crippen LogP contribution in [-0.2, 0) is 4.74 Å². The average molecular weight is 232 g/mol. The Hall–Kier alpha value is -2.24. The van der Waals surface area contributed by atoms with E-state index in [2.05, 4.69) is 15.1 Å². The zero-order valence-corrected chi connectivity index (χ0v) is 9.62. The Kier molecular flexibility index (Phi) is 3.13. The third kappa shape index (κ3) is 2.30. The number of aromatic nitrogens is 4. The molecule has 0 saturated heterocycles. The number of hydrogen-bond acceptors (Lipinski definition) is 5. The number of rotatable bonds is 3. The van der Waals surface area contributed by atoms with Gasteiger partial charge in [0.1, 0.15) is 0 Å². The molecule has 2 aromatic heterocycles. The van der Waals surface area contributed by atoms with Crippen molar-refractivity contribution in [2.45, 2.75) is 13.8 Å². The predicted molar refractivity (Wildman–Crippen MR) is 59.8 cm³/mol. The van der Waals surface area contributed by atoms with Gasteiger partial charge in [0.25, 0.3) is 5.95 Å². The molecule has 0 unspecified atom stereocenters. The van der Waals surface area contributed by atoms with E-state index in [0.717, 1.165) is 5.69 Å². The van der Waals surface area contributed by atoms with Crippen LogP contribution in [0.1, 0.15) is 23.1 Å². The fourth-order valence-electron chi connectivity index (χ4n) is 1.38. The summed E-state index contributed by atoms with van der Waals surface area (Å²) in [5.74, 6) is -0.00849. The smallest absolute Gasteiger partial charge is 0.358 e. The lowest BCUT2D eigenvalue weighted by atomic mass is 10.4. The standard InChI is InChI=1S/C11H12N4O2/c1-3-17-10(16)9-7-8(2)15(14-9)11-12-5-4-6-13-11/h4-7H,3H2,1-2H3. The van der Waals surface area contributed by atoms with Crippen molar-refractivity contribution in [3.8, 4) is 5.95 Å². The number of hydrogen-bond donors (Lipinski definition) is 0. The molecule has 0 radical (unpaired) electrons. The number of carbonyl (C=O) groups excluding carboxylic acids is 1. The van der Waals surface area contributed by atoms with Crippen LogP contribution in [-0.4, -0.2) is 32.3 Å². The summed E-state index contributed by atoms with van der Waals surface area (Å²) in [5.41, 5.74) is 1.04. The van der Waals surface area contributed by atoms with E-state index in [0.29, 0.717) is 12.6 Å². The van der Waals surface area contributed by atoms with Crippen LogP contribution in [0.25, 0.3) is 5.95 Å². The highest BCUT2D eigenvalue weighted by molar-refractivity contribution is 5.87. The van der Waals surface area contributed by atoms with E-state index in [1.54, 1.807) is 31.5 Å². The minimum atomic E-state index is -0.440. The molecular weight excluding hydrogens is 220 g/mol. The van der Waals surface area contributed by atoms with Crippen molar-refractivity contribution in [1.82, 2.24) is 19.7 Å². The van der Waals surface area contributed by atoms with Gasteiger partial charge >= 0.3 is 5.97 Å². The molecule has 0 aromatic carbocycles. The van der Waals surface area contributed by atoms with Crippen molar-refractivity contribution in [3.05, 3.63) is 35.9 Å². The summed E-state index contributed by atoms with van der Waals surface area (Å²) in [4.78, 5) is 19.6. The Labute approximate surface area is 98.3 Å². The lowest BCUT2D eigenvalue weighted by Crippen LogP contribution is -2.08. The lowest BCUT2D eigenvalue weighted by Gasteiger charge is -2.00. The summed E-state index contributed by atoms with van der Waals surface area (Å²) in [7, 11) is 0. The molecule has 0 aliphatic rings. The SMILES string of the molecule is CCOC(=O)c1cc(C)n(-c2ncccn2)n1. The number of aryl methyl sites for hydroxylation is 1. The van der Waals surface area contributed by atoms with E-state index in [9.17, 15) is 4.79 Å². The second-order valence-corrected chi connectivity index (χ2v) is 3.35. The fourth-order valence-corrected chi connectivity index (χ4v) is 1.38. The maximum absolute atomic E-state index is 11.5. The summed E-state index contributed by atoms with van der Waals surface area (Å²) in [5, 5.41) is 4.12. The highest BCUT2D eigenvalue weighted by Gasteiger charge is 2.14. The summed E-state index contributed by atoms with van der Waals surface area (Å²) in [6.07, 6.45) is 3.24. The van der Waals surface area contributed by atoms with E-state index in [-0.39, 0.29) is 5.69 Å². The summed E-state index contributed by atoms with van der Waals surface area (Å²) in [6.45, 7) is 3.90. The van der Waals surface area contributed by atoms with E-state index < -0.39 is 5.97 Å². The first kappa shape index (κ1) is 11.3. The molecule has 0 atom stereocenters. The van der Waals surface area contributed by atoms with Gasteiger partial charge in [0, 0.05) is 18.1 Å². The summed E-state index contributed by atoms with van der Waals surface area (Å²) >= 11 is 0. The second-order valence-electron chi connectivity index (χ2n) is 3.35. The number of esters is 1. The van der Waals surface area contributed by atoms with Crippen LogP contribution in [0.15, 0.2) is 24.5 Å². The molecule has 0 aliphatic carbocycles. The first-order valence-corrected chi connectivity index (χ1v) is 5.23. The number of ether oxygens (including phenoxy) is 1. The molecule has 0 bridgehead atoms. The monoisotopic (exact) mass is 232 g/mol. The molecule has 88 valence electrons. The Morgan fingerprint density at radius 1 is 1.41 bits per heavy atom. The Balaban J connectivity index is 2.35. The van der Waals surface area contributed by atoms with Gasteiger partial charge in [0.2, 0.25) is 0 Å². The van der Waals surface area contributed by atoms with Crippen LogP contribution >= 0.6 is 0 Å². The van der Waals surface area contributed by atoms with Gasteiger partial charge in [-0.2, -0.15) is 5.10 Å². The van der Waals surface area contributed by atoms with Crippen molar-refractivity contribution in [1.29, 1.82) is 0 Å². The average Bonchev–Trinajstić information content (AvgIpc) is 2.73. The van der Waals surface area contributed by atoms with Crippen molar-refractivity contribution in [2.75, 3.05) is 6.61 Å². The molecule has 0 spiro atoms. The van der Waals surface area contributed by atoms with E-state index >= 15 is 0 Å². The first-order valence-electron chi connectivity index (χ1n) is 5.23. The summed E-state index contributed by atoms with van der Waals surface area (Å²) < 4.78 is 6.38. The van der Waals surface area contributed by atoms with Gasteiger partial charge < -0.3 is 4.74 Å². The van der Waals surface area contributed by atoms with Crippen LogP contribution in [0.2, 0.25) is 0 Å². The Bertz CT molecular complexity index is 522. The van der Waals surface area contributed by atoms with E-state index in [4.69, 9.17) is 4.74 Å². The Morgan fingerprint density at radius 2 is 2.12 bits per heavy atom. The molecule has 0 aliphatic heterocycles. The zero-order valence-electron chi connectivity index (χ0n) is 9.62. The molecule has 0 fully saturated rings. The third-order valence-electron chi connectivity index (χ3n) is 2.11. The topological polar surface area (TPSA) is 69.9 Å². The molecule has 6 nitrogen and oxygen atoms in total. The van der Waals surface area contributed by atoms with Crippen molar-refractivity contribution in [3.63, 3.8) is 0 Å². The molecule has 17 heavy (non-hydrogen) atoms. The Morgan fingerprint density at radius 3 is 2.76 bits per heavy atom. The first-order chi connectivity index (χ1) is 8.22. The van der Waals surface area contributed by atoms with Gasteiger partial charge in [0.15, 0.2) is 5.69 Å². The number of carbonyl (C=O) groups is 1. The van der Waals surface area contributed by atoms with Gasteiger partial charge in [-0.15, -0.1) is 0 Å². The highest BCUT2D eigenvalue weighted by Crippen LogP contribution is 2.08. The third-order valence-corrected chi connectivity index (χ3v) is 2.11. The van der Waals surface area contributed by atoms with Crippen LogP contribution < -0.4 is 0 Å². The lowest BCUT2D eigenvalue weighted by molar-refractivity contribution is 0.0519. The molecule has 2 heterocycles. The van der Waals surface area contributed by atoms with Crippen molar-refractivity contribution < 1.29 is 9.53 Å². The van der Waals surface area contributed by atoms with Gasteiger partial charge in [0.05, 0.1) is 6.61 Å². The predicted octanol–water partition coefficient (Wildman–Crippen LogP) is 1.15. The molecule has 0 N–H and O–H groups in total. The van der Waals surface area contributed by atoms with E-state index in [1.165, 1.54) is 4.68 Å². The molecule has 2 rings (SSSR count). The fraction of sp³-hybridized carbons (Fsp3) is 0.273. The quantitative estimate of drug-likeness (QED) is 0.742. The second kappa shape index (κ2) is 4.73. The van der Waals surface area contributed by atoms with Crippen LogP contribution in [0.4, 0.5) is 0 Å². The minimum absolute atomic E-state index is 0.261. The molecular formula is C11H12N4O2. The molecule has 0 amide bonds. The number of nitrogens with zero attached hydrogens (tertiary/aromatic N) is 4. The van der Waals surface area contributed by atoms with Gasteiger partial charge in [-0.25, -0.2) is 19.4 Å². The van der Waals surface area contributed by atoms with Gasteiger partial charge in [-0.05, 0) is 26.0 Å². The molecule has 0 saturated carbocycles. The van der Waals surface area contributed by atoms with E-state index in [1.807, 2.05) is 6.92 Å². The van der Waals surface area contributed by atoms with Gasteiger partial charge in [-0.3, -0.25) is 0 Å². The maximum atomic E-state index is 11.5. The van der Waals surface area contributed by atoms with Crippen LogP contribution in [0, 0.1) is 6.92 Å². The van der Waals surface area contributed by atoms with Crippen molar-refractivity contribution in [2.24, 2.45) is 0 Å². The largest absolute Gasteiger partial charge is 0.461 e. The summed E-state index contributed by atoms with van der Waals surface area (Å²) in [6, 6.07) is 3.36. The normalized spacial score (nSPS) is 10.2. The zero-order chi connectivity index (χ0) is 12.3. The van der Waals surface area contributed by atoms with Crippen molar-refractivity contribution >= 4 is 5.97 Å². The molecule has 2 aromatic rings. The minimum Gasteiger partial charge on any atom is -0.461 e. The highest BCUT2D eigenvalue weighted by atomic mass is 16.5. The molecule has 6 heteroatoms. The van der Waals surface area contributed by atoms with Gasteiger partial charge in [-0.1, -0.05) is 0 Å². The van der Waals surface area contributed by atoms with Crippen LogP contribution in [0.3, 0.4) is 0 Å². The maximum Gasteiger partial charge on any atom is 0.358 e. The van der Waals surface area contributed by atoms with Crippen LogP contribution in [0.5, 0.6) is 0 Å².